The zero-order valence-electron chi connectivity index (χ0n) is 18.8. The number of para-hydroxylation sites is 1. The minimum Gasteiger partial charge on any atom is -0.497 e. The fraction of sp³-hybridized carbons (Fsp3) is 0.304. The van der Waals surface area contributed by atoms with E-state index in [9.17, 15) is 4.57 Å². The van der Waals surface area contributed by atoms with Crippen LogP contribution in [-0.2, 0) is 9.30 Å². The summed E-state index contributed by atoms with van der Waals surface area (Å²) in [6.45, 7) is 6.36. The number of anilines is 5. The highest BCUT2D eigenvalue weighted by Gasteiger charge is 2.19. The van der Waals surface area contributed by atoms with E-state index in [-0.39, 0.29) is 0 Å². The molecule has 33 heavy (non-hydrogen) atoms. The van der Waals surface area contributed by atoms with Crippen LogP contribution in [0.5, 0.6) is 5.75 Å². The van der Waals surface area contributed by atoms with Crippen molar-refractivity contribution >= 4 is 52.9 Å². The smallest absolute Gasteiger partial charge is 0.229 e. The summed E-state index contributed by atoms with van der Waals surface area (Å²) in [5.74, 6) is 1.58. The second-order valence-corrected chi connectivity index (χ2v) is 11.6. The van der Waals surface area contributed by atoms with Crippen molar-refractivity contribution in [3.63, 3.8) is 0 Å². The van der Waals surface area contributed by atoms with Gasteiger partial charge in [-0.05, 0) is 37.6 Å². The molecule has 0 amide bonds. The van der Waals surface area contributed by atoms with Crippen LogP contribution in [0.4, 0.5) is 28.8 Å². The SMILES string of the molecule is COc1ccc(Nc2ncc(Cl)c(Nc3ccccc3P(C)(C)=O)n2)c(N2CCOCC2)c1. The third-order valence-electron chi connectivity index (χ3n) is 5.28. The highest BCUT2D eigenvalue weighted by Crippen LogP contribution is 2.39. The number of nitrogens with one attached hydrogen (secondary N) is 2. The molecule has 2 aromatic carbocycles. The van der Waals surface area contributed by atoms with E-state index < -0.39 is 7.14 Å². The Balaban J connectivity index is 1.64. The standard InChI is InChI=1S/C23H27ClN5O3P/c1-31-16-8-9-18(20(14-16)29-10-12-32-13-11-29)27-23-25-15-17(24)22(28-23)26-19-6-4-5-7-21(19)33(2,3)30/h4-9,14-15H,10-13H2,1-3H3,(H2,25,26,27,28). The van der Waals surface area contributed by atoms with E-state index >= 15 is 0 Å². The number of hydrogen-bond donors (Lipinski definition) is 2. The van der Waals surface area contributed by atoms with Crippen LogP contribution in [0.15, 0.2) is 48.7 Å². The van der Waals surface area contributed by atoms with Crippen molar-refractivity contribution in [3.05, 3.63) is 53.7 Å². The predicted octanol–water partition coefficient (Wildman–Crippen LogP) is 4.71. The minimum absolute atomic E-state index is 0.362. The maximum Gasteiger partial charge on any atom is 0.229 e. The summed E-state index contributed by atoms with van der Waals surface area (Å²) in [4.78, 5) is 11.2. The first-order chi connectivity index (χ1) is 15.8. The minimum atomic E-state index is -2.50. The van der Waals surface area contributed by atoms with Crippen LogP contribution in [0.1, 0.15) is 0 Å². The second-order valence-electron chi connectivity index (χ2n) is 7.99. The van der Waals surface area contributed by atoms with Gasteiger partial charge in [-0.2, -0.15) is 4.98 Å². The van der Waals surface area contributed by atoms with E-state index in [1.54, 1.807) is 20.4 Å². The second kappa shape index (κ2) is 10.00. The van der Waals surface area contributed by atoms with Crippen molar-refractivity contribution in [2.24, 2.45) is 0 Å². The molecule has 1 aliphatic rings. The average molecular weight is 488 g/mol. The van der Waals surface area contributed by atoms with E-state index in [1.807, 2.05) is 42.5 Å². The molecule has 1 fully saturated rings. The van der Waals surface area contributed by atoms with Crippen molar-refractivity contribution in [2.75, 3.05) is 62.3 Å². The van der Waals surface area contributed by atoms with Gasteiger partial charge in [0.25, 0.3) is 0 Å². The van der Waals surface area contributed by atoms with Gasteiger partial charge in [0.15, 0.2) is 5.82 Å². The lowest BCUT2D eigenvalue weighted by atomic mass is 10.2. The van der Waals surface area contributed by atoms with E-state index in [4.69, 9.17) is 21.1 Å². The van der Waals surface area contributed by atoms with Gasteiger partial charge in [-0.25, -0.2) is 4.98 Å². The number of benzene rings is 2. The summed E-state index contributed by atoms with van der Waals surface area (Å²) >= 11 is 6.39. The zero-order chi connectivity index (χ0) is 23.4. The summed E-state index contributed by atoms with van der Waals surface area (Å²) < 4.78 is 23.6. The highest BCUT2D eigenvalue weighted by molar-refractivity contribution is 7.70. The van der Waals surface area contributed by atoms with Crippen molar-refractivity contribution in [1.29, 1.82) is 0 Å². The number of hydrogen-bond acceptors (Lipinski definition) is 8. The lowest BCUT2D eigenvalue weighted by Crippen LogP contribution is -2.36. The number of nitrogens with zero attached hydrogens (tertiary/aromatic N) is 3. The quantitative estimate of drug-likeness (QED) is 0.463. The summed E-state index contributed by atoms with van der Waals surface area (Å²) in [6.07, 6.45) is 1.54. The fourth-order valence-electron chi connectivity index (χ4n) is 3.62. The molecular formula is C23H27ClN5O3P. The first-order valence-corrected chi connectivity index (χ1v) is 13.5. The topological polar surface area (TPSA) is 88.6 Å². The molecule has 1 aromatic heterocycles. The summed E-state index contributed by atoms with van der Waals surface area (Å²) in [6, 6.07) is 13.3. The number of morpholine rings is 1. The molecule has 0 radical (unpaired) electrons. The normalized spacial score (nSPS) is 14.1. The molecule has 0 spiro atoms. The van der Waals surface area contributed by atoms with Crippen LogP contribution in [0.3, 0.4) is 0 Å². The Morgan fingerprint density at radius 3 is 2.58 bits per heavy atom. The van der Waals surface area contributed by atoms with Gasteiger partial charge in [-0.3, -0.25) is 0 Å². The molecule has 0 aliphatic carbocycles. The van der Waals surface area contributed by atoms with Crippen molar-refractivity contribution < 1.29 is 14.0 Å². The first-order valence-electron chi connectivity index (χ1n) is 10.6. The molecule has 1 saturated heterocycles. The molecular weight excluding hydrogens is 461 g/mol. The highest BCUT2D eigenvalue weighted by atomic mass is 35.5. The molecule has 10 heteroatoms. The summed E-state index contributed by atoms with van der Waals surface area (Å²) in [5, 5.41) is 7.63. The van der Waals surface area contributed by atoms with Crippen LogP contribution in [-0.4, -0.2) is 56.7 Å². The molecule has 8 nitrogen and oxygen atoms in total. The Hall–Kier alpha value is -2.80. The third-order valence-corrected chi connectivity index (χ3v) is 7.11. The Kier molecular flexibility index (Phi) is 7.08. The van der Waals surface area contributed by atoms with Gasteiger partial charge in [0, 0.05) is 24.5 Å². The summed E-state index contributed by atoms with van der Waals surface area (Å²) in [5.41, 5.74) is 2.53. The van der Waals surface area contributed by atoms with Crippen LogP contribution >= 0.6 is 18.7 Å². The Labute approximate surface area is 198 Å². The number of ether oxygens (including phenoxy) is 2. The van der Waals surface area contributed by atoms with Gasteiger partial charge in [0.1, 0.15) is 17.9 Å². The zero-order valence-corrected chi connectivity index (χ0v) is 20.5. The first kappa shape index (κ1) is 23.4. The third kappa shape index (κ3) is 5.58. The predicted molar refractivity (Wildman–Crippen MR) is 135 cm³/mol. The molecule has 1 aliphatic heterocycles. The maximum atomic E-state index is 12.7. The van der Waals surface area contributed by atoms with Gasteiger partial charge in [-0.1, -0.05) is 23.7 Å². The molecule has 0 unspecified atom stereocenters. The lowest BCUT2D eigenvalue weighted by molar-refractivity contribution is 0.122. The van der Waals surface area contributed by atoms with Gasteiger partial charge in [0.05, 0.1) is 43.6 Å². The monoisotopic (exact) mass is 487 g/mol. The number of aromatic nitrogens is 2. The van der Waals surface area contributed by atoms with Crippen LogP contribution in [0.2, 0.25) is 5.02 Å². The molecule has 174 valence electrons. The van der Waals surface area contributed by atoms with Crippen molar-refractivity contribution in [3.8, 4) is 5.75 Å². The molecule has 0 atom stereocenters. The average Bonchev–Trinajstić information content (AvgIpc) is 2.82. The van der Waals surface area contributed by atoms with E-state index in [0.717, 1.165) is 35.5 Å². The molecule has 0 bridgehead atoms. The Morgan fingerprint density at radius 1 is 1.09 bits per heavy atom. The van der Waals surface area contributed by atoms with Gasteiger partial charge in [-0.15, -0.1) is 0 Å². The molecule has 4 rings (SSSR count). The van der Waals surface area contributed by atoms with Crippen molar-refractivity contribution in [2.45, 2.75) is 0 Å². The van der Waals surface area contributed by atoms with Crippen LogP contribution < -0.4 is 25.6 Å². The number of rotatable bonds is 7. The number of halogens is 1. The number of methoxy groups -OCH3 is 1. The van der Waals surface area contributed by atoms with Gasteiger partial charge < -0.3 is 29.6 Å². The molecule has 2 N–H and O–H groups in total. The molecule has 3 aromatic rings. The van der Waals surface area contributed by atoms with Crippen LogP contribution in [0, 0.1) is 0 Å². The molecule has 0 saturated carbocycles. The Morgan fingerprint density at radius 2 is 1.85 bits per heavy atom. The largest absolute Gasteiger partial charge is 0.497 e. The van der Waals surface area contributed by atoms with Crippen molar-refractivity contribution in [1.82, 2.24) is 9.97 Å². The van der Waals surface area contributed by atoms with E-state index in [1.165, 1.54) is 6.20 Å². The van der Waals surface area contributed by atoms with E-state index in [2.05, 4.69) is 25.5 Å². The summed E-state index contributed by atoms with van der Waals surface area (Å²) in [7, 11) is -0.849. The van der Waals surface area contributed by atoms with Gasteiger partial charge in [0.2, 0.25) is 5.95 Å². The fourth-order valence-corrected chi connectivity index (χ4v) is 4.92. The van der Waals surface area contributed by atoms with Gasteiger partial charge >= 0.3 is 0 Å². The molecule has 2 heterocycles. The van der Waals surface area contributed by atoms with Crippen LogP contribution in [0.25, 0.3) is 0 Å². The van der Waals surface area contributed by atoms with E-state index in [0.29, 0.717) is 35.7 Å². The lowest BCUT2D eigenvalue weighted by Gasteiger charge is -2.30. The Bertz CT molecular complexity index is 1180. The maximum absolute atomic E-state index is 12.7.